The van der Waals surface area contributed by atoms with Crippen LogP contribution in [0.1, 0.15) is 25.8 Å². The number of hydrogen-bond acceptors (Lipinski definition) is 4. The van der Waals surface area contributed by atoms with E-state index in [9.17, 15) is 4.79 Å². The van der Waals surface area contributed by atoms with E-state index in [1.165, 1.54) is 0 Å². The first-order chi connectivity index (χ1) is 10.1. The number of amides is 1. The summed E-state index contributed by atoms with van der Waals surface area (Å²) in [6.45, 7) is 7.40. The number of carbonyl (C=O) groups is 1. The van der Waals surface area contributed by atoms with Gasteiger partial charge in [0.1, 0.15) is 0 Å². The van der Waals surface area contributed by atoms with E-state index in [1.54, 1.807) is 7.11 Å². The van der Waals surface area contributed by atoms with E-state index >= 15 is 0 Å². The Morgan fingerprint density at radius 2 is 2.00 bits per heavy atom. The number of nitrogens with two attached hydrogens (primary N) is 1. The van der Waals surface area contributed by atoms with Crippen molar-refractivity contribution in [3.63, 3.8) is 0 Å². The fourth-order valence-corrected chi connectivity index (χ4v) is 2.14. The zero-order valence-electron chi connectivity index (χ0n) is 13.3. The summed E-state index contributed by atoms with van der Waals surface area (Å²) in [4.78, 5) is 14.4. The second-order valence-electron chi connectivity index (χ2n) is 4.96. The van der Waals surface area contributed by atoms with Gasteiger partial charge in [-0.1, -0.05) is 32.0 Å². The van der Waals surface area contributed by atoms with Crippen molar-refractivity contribution in [3.05, 3.63) is 29.8 Å². The number of carbonyl (C=O) groups excluding carboxylic acids is 1. The minimum Gasteiger partial charge on any atom is -0.380 e. The van der Waals surface area contributed by atoms with Gasteiger partial charge in [-0.15, -0.1) is 0 Å². The van der Waals surface area contributed by atoms with Gasteiger partial charge >= 0.3 is 0 Å². The van der Waals surface area contributed by atoms with E-state index in [0.29, 0.717) is 6.54 Å². The van der Waals surface area contributed by atoms with Gasteiger partial charge in [-0.25, -0.2) is 0 Å². The van der Waals surface area contributed by atoms with Gasteiger partial charge in [-0.05, 0) is 24.7 Å². The monoisotopic (exact) mass is 293 g/mol. The van der Waals surface area contributed by atoms with Gasteiger partial charge in [0.25, 0.3) is 0 Å². The van der Waals surface area contributed by atoms with Crippen molar-refractivity contribution in [2.75, 3.05) is 32.1 Å². The summed E-state index contributed by atoms with van der Waals surface area (Å²) in [5.74, 6) is -0.0701. The van der Waals surface area contributed by atoms with Crippen molar-refractivity contribution in [1.82, 2.24) is 4.90 Å². The number of rotatable bonds is 9. The maximum Gasteiger partial charge on any atom is 0.227 e. The minimum atomic E-state index is -0.236. The van der Waals surface area contributed by atoms with Crippen molar-refractivity contribution in [1.29, 1.82) is 0 Å². The molecule has 1 aromatic carbocycles. The van der Waals surface area contributed by atoms with Crippen LogP contribution in [0.4, 0.5) is 5.69 Å². The van der Waals surface area contributed by atoms with Crippen molar-refractivity contribution in [2.24, 2.45) is 5.73 Å². The zero-order chi connectivity index (χ0) is 15.7. The van der Waals surface area contributed by atoms with Gasteiger partial charge in [-0.2, -0.15) is 0 Å². The lowest BCUT2D eigenvalue weighted by Gasteiger charge is -2.20. The molecule has 3 N–H and O–H groups in total. The molecule has 1 amide bonds. The summed E-state index contributed by atoms with van der Waals surface area (Å²) in [6, 6.07) is 7.90. The lowest BCUT2D eigenvalue weighted by molar-refractivity contribution is -0.118. The average molecular weight is 293 g/mol. The van der Waals surface area contributed by atoms with E-state index in [0.717, 1.165) is 30.9 Å². The largest absolute Gasteiger partial charge is 0.380 e. The number of anilines is 1. The Morgan fingerprint density at radius 3 is 2.57 bits per heavy atom. The molecule has 0 spiro atoms. The van der Waals surface area contributed by atoms with Gasteiger partial charge < -0.3 is 15.8 Å². The van der Waals surface area contributed by atoms with Crippen molar-refractivity contribution >= 4 is 11.6 Å². The maximum atomic E-state index is 12.1. The van der Waals surface area contributed by atoms with E-state index < -0.39 is 0 Å². The normalized spacial score (nSPS) is 12.4. The van der Waals surface area contributed by atoms with Crippen LogP contribution in [-0.2, 0) is 16.1 Å². The third-order valence-electron chi connectivity index (χ3n) is 3.59. The van der Waals surface area contributed by atoms with Gasteiger partial charge in [-0.3, -0.25) is 9.69 Å². The Hall–Kier alpha value is -1.43. The SMILES string of the molecule is CCN(CC)Cc1ccccc1NC(=O)CC(CN)OC. The molecule has 1 rings (SSSR count). The van der Waals surface area contributed by atoms with Gasteiger partial charge in [0.2, 0.25) is 5.91 Å². The number of methoxy groups -OCH3 is 1. The van der Waals surface area contributed by atoms with Crippen LogP contribution in [0.3, 0.4) is 0 Å². The van der Waals surface area contributed by atoms with Gasteiger partial charge in [0.05, 0.1) is 12.5 Å². The number of benzene rings is 1. The van der Waals surface area contributed by atoms with Crippen LogP contribution < -0.4 is 11.1 Å². The highest BCUT2D eigenvalue weighted by Gasteiger charge is 2.13. The Morgan fingerprint density at radius 1 is 1.33 bits per heavy atom. The molecule has 21 heavy (non-hydrogen) atoms. The van der Waals surface area contributed by atoms with Crippen molar-refractivity contribution < 1.29 is 9.53 Å². The van der Waals surface area contributed by atoms with Crippen LogP contribution in [-0.4, -0.2) is 43.7 Å². The summed E-state index contributed by atoms with van der Waals surface area (Å²) in [5, 5.41) is 2.96. The predicted octanol–water partition coefficient (Wildman–Crippen LogP) is 1.83. The molecule has 0 aromatic heterocycles. The van der Waals surface area contributed by atoms with E-state index in [4.69, 9.17) is 10.5 Å². The molecule has 0 aliphatic rings. The Balaban J connectivity index is 2.72. The average Bonchev–Trinajstić information content (AvgIpc) is 2.51. The molecule has 1 atom stereocenters. The number of para-hydroxylation sites is 1. The van der Waals surface area contributed by atoms with Gasteiger partial charge in [0, 0.05) is 25.9 Å². The topological polar surface area (TPSA) is 67.6 Å². The van der Waals surface area contributed by atoms with E-state index in [-0.39, 0.29) is 18.4 Å². The lowest BCUT2D eigenvalue weighted by Crippen LogP contribution is -2.28. The number of nitrogens with zero attached hydrogens (tertiary/aromatic N) is 1. The second-order valence-corrected chi connectivity index (χ2v) is 4.96. The van der Waals surface area contributed by atoms with Gasteiger partial charge in [0.15, 0.2) is 0 Å². The molecule has 1 unspecified atom stereocenters. The van der Waals surface area contributed by atoms with E-state index in [1.807, 2.05) is 24.3 Å². The molecule has 0 fully saturated rings. The summed E-state index contributed by atoms with van der Waals surface area (Å²) >= 11 is 0. The van der Waals surface area contributed by atoms with E-state index in [2.05, 4.69) is 24.1 Å². The van der Waals surface area contributed by atoms with Crippen LogP contribution in [0.25, 0.3) is 0 Å². The highest BCUT2D eigenvalue weighted by atomic mass is 16.5. The third-order valence-corrected chi connectivity index (χ3v) is 3.59. The first-order valence-electron chi connectivity index (χ1n) is 7.47. The number of hydrogen-bond donors (Lipinski definition) is 2. The standard InChI is InChI=1S/C16H27N3O2/c1-4-19(5-2)12-13-8-6-7-9-15(13)18-16(20)10-14(11-17)21-3/h6-9,14H,4-5,10-12,17H2,1-3H3,(H,18,20). The molecule has 0 bridgehead atoms. The molecule has 5 nitrogen and oxygen atoms in total. The van der Waals surface area contributed by atoms with Crippen LogP contribution in [0.15, 0.2) is 24.3 Å². The third kappa shape index (κ3) is 5.83. The quantitative estimate of drug-likeness (QED) is 0.729. The molecule has 0 saturated carbocycles. The molecule has 0 radical (unpaired) electrons. The molecule has 0 heterocycles. The Kier molecular flexibility index (Phi) is 7.97. The maximum absolute atomic E-state index is 12.1. The predicted molar refractivity (Wildman–Crippen MR) is 86.2 cm³/mol. The molecular weight excluding hydrogens is 266 g/mol. The smallest absolute Gasteiger partial charge is 0.227 e. The summed E-state index contributed by atoms with van der Waals surface area (Å²) < 4.78 is 5.14. The van der Waals surface area contributed by atoms with Crippen LogP contribution >= 0.6 is 0 Å². The molecule has 5 heteroatoms. The molecule has 118 valence electrons. The fraction of sp³-hybridized carbons (Fsp3) is 0.562. The second kappa shape index (κ2) is 9.50. The molecular formula is C16H27N3O2. The summed E-state index contributed by atoms with van der Waals surface area (Å²) in [5.41, 5.74) is 7.53. The first-order valence-corrected chi connectivity index (χ1v) is 7.47. The van der Waals surface area contributed by atoms with Crippen LogP contribution in [0.5, 0.6) is 0 Å². The first kappa shape index (κ1) is 17.6. The highest BCUT2D eigenvalue weighted by Crippen LogP contribution is 2.17. The summed E-state index contributed by atoms with van der Waals surface area (Å²) in [7, 11) is 1.57. The number of nitrogens with one attached hydrogen (secondary N) is 1. The zero-order valence-corrected chi connectivity index (χ0v) is 13.3. The highest BCUT2D eigenvalue weighted by molar-refractivity contribution is 5.91. The molecule has 0 aliphatic heterocycles. The molecule has 1 aromatic rings. The van der Waals surface area contributed by atoms with Crippen molar-refractivity contribution in [2.45, 2.75) is 32.9 Å². The Bertz CT molecular complexity index is 429. The summed E-state index contributed by atoms with van der Waals surface area (Å²) in [6.07, 6.45) is 0.0343. The molecule has 0 saturated heterocycles. The number of ether oxygens (including phenoxy) is 1. The minimum absolute atomic E-state index is 0.0701. The van der Waals surface area contributed by atoms with Crippen LogP contribution in [0.2, 0.25) is 0 Å². The van der Waals surface area contributed by atoms with Crippen molar-refractivity contribution in [3.8, 4) is 0 Å². The van der Waals surface area contributed by atoms with Crippen LogP contribution in [0, 0.1) is 0 Å². The lowest BCUT2D eigenvalue weighted by atomic mass is 10.1. The fourth-order valence-electron chi connectivity index (χ4n) is 2.14. The molecule has 0 aliphatic carbocycles. The Labute approximate surface area is 127 Å².